The first-order valence-electron chi connectivity index (χ1n) is 7.94. The number of hydrogen-bond donors (Lipinski definition) is 4. The van der Waals surface area contributed by atoms with Crippen LogP contribution in [0.4, 0.5) is 5.95 Å². The van der Waals surface area contributed by atoms with Gasteiger partial charge in [0.25, 0.3) is 5.56 Å². The normalized spacial score (nSPS) is 23.9. The topological polar surface area (TPSA) is 136 Å². The van der Waals surface area contributed by atoms with Crippen LogP contribution in [0.1, 0.15) is 26.5 Å². The van der Waals surface area contributed by atoms with Gasteiger partial charge >= 0.3 is 5.69 Å². The minimum Gasteiger partial charge on any atom is -0.394 e. The predicted octanol–water partition coefficient (Wildman–Crippen LogP) is -1.10. The number of imidazole rings is 1. The van der Waals surface area contributed by atoms with E-state index in [2.05, 4.69) is 15.0 Å². The van der Waals surface area contributed by atoms with E-state index in [1.54, 1.807) is 0 Å². The molecule has 0 aliphatic carbocycles. The van der Waals surface area contributed by atoms with Crippen LogP contribution < -0.4 is 16.1 Å². The van der Waals surface area contributed by atoms with Gasteiger partial charge in [0.05, 0.1) is 12.7 Å². The zero-order chi connectivity index (χ0) is 17.4. The van der Waals surface area contributed by atoms with Gasteiger partial charge in [-0.25, -0.2) is 9.36 Å². The Labute approximate surface area is 136 Å². The van der Waals surface area contributed by atoms with E-state index in [0.717, 1.165) is 0 Å². The SMILES string of the molecule is CCN(CC)c1nc2c([nH]c(=O)n2[C@H]2C[C@H](O)[C@@H](CO)O2)c(=O)[nH]1. The number of ether oxygens (including phenoxy) is 1. The molecule has 3 rings (SSSR count). The number of nitrogens with one attached hydrogen (secondary N) is 2. The highest BCUT2D eigenvalue weighted by Gasteiger charge is 2.36. The van der Waals surface area contributed by atoms with Crippen molar-refractivity contribution < 1.29 is 14.9 Å². The van der Waals surface area contributed by atoms with Gasteiger partial charge in [-0.2, -0.15) is 4.98 Å². The van der Waals surface area contributed by atoms with Gasteiger partial charge in [-0.3, -0.25) is 14.8 Å². The van der Waals surface area contributed by atoms with Crippen LogP contribution in [-0.4, -0.2) is 61.6 Å². The van der Waals surface area contributed by atoms with E-state index in [0.29, 0.717) is 19.0 Å². The Morgan fingerprint density at radius 2 is 2.04 bits per heavy atom. The molecule has 10 heteroatoms. The molecular weight excluding hydrogens is 318 g/mol. The highest BCUT2D eigenvalue weighted by atomic mass is 16.5. The Bertz CT molecular complexity index is 836. The van der Waals surface area contributed by atoms with Crippen LogP contribution in [0.25, 0.3) is 11.2 Å². The highest BCUT2D eigenvalue weighted by Crippen LogP contribution is 2.29. The summed E-state index contributed by atoms with van der Waals surface area (Å²) >= 11 is 0. The minimum atomic E-state index is -0.888. The molecule has 10 nitrogen and oxygen atoms in total. The molecule has 0 radical (unpaired) electrons. The average molecular weight is 339 g/mol. The lowest BCUT2D eigenvalue weighted by Crippen LogP contribution is -2.27. The van der Waals surface area contributed by atoms with Crippen LogP contribution in [0, 0.1) is 0 Å². The summed E-state index contributed by atoms with van der Waals surface area (Å²) < 4.78 is 6.74. The van der Waals surface area contributed by atoms with Gasteiger partial charge in [0.1, 0.15) is 12.3 Å². The maximum Gasteiger partial charge on any atom is 0.329 e. The van der Waals surface area contributed by atoms with Crippen LogP contribution in [0.5, 0.6) is 0 Å². The second kappa shape index (κ2) is 6.38. The quantitative estimate of drug-likeness (QED) is 0.543. The number of aromatic amines is 2. The number of fused-ring (bicyclic) bond motifs is 1. The van der Waals surface area contributed by atoms with E-state index < -0.39 is 29.7 Å². The molecule has 2 aromatic heterocycles. The number of nitrogens with zero attached hydrogens (tertiary/aromatic N) is 3. The zero-order valence-electron chi connectivity index (χ0n) is 13.5. The number of aliphatic hydroxyl groups is 2. The molecule has 0 amide bonds. The largest absolute Gasteiger partial charge is 0.394 e. The molecule has 0 saturated carbocycles. The number of rotatable bonds is 5. The molecule has 0 aromatic carbocycles. The van der Waals surface area contributed by atoms with Crippen LogP contribution in [0.3, 0.4) is 0 Å². The van der Waals surface area contributed by atoms with Gasteiger partial charge in [0, 0.05) is 19.5 Å². The van der Waals surface area contributed by atoms with Crippen molar-refractivity contribution in [3.63, 3.8) is 0 Å². The summed E-state index contributed by atoms with van der Waals surface area (Å²) in [6.45, 7) is 4.80. The van der Waals surface area contributed by atoms with E-state index in [9.17, 15) is 19.8 Å². The fraction of sp³-hybridized carbons (Fsp3) is 0.643. The summed E-state index contributed by atoms with van der Waals surface area (Å²) in [6.07, 6.45) is -2.32. The molecule has 24 heavy (non-hydrogen) atoms. The van der Waals surface area contributed by atoms with Crippen molar-refractivity contribution in [1.82, 2.24) is 19.5 Å². The lowest BCUT2D eigenvalue weighted by Gasteiger charge is -2.19. The molecule has 1 saturated heterocycles. The number of aliphatic hydroxyl groups excluding tert-OH is 2. The smallest absolute Gasteiger partial charge is 0.329 e. The Balaban J connectivity index is 2.13. The second-order valence-corrected chi connectivity index (χ2v) is 5.68. The first-order chi connectivity index (χ1) is 11.5. The highest BCUT2D eigenvalue weighted by molar-refractivity contribution is 5.71. The molecule has 1 fully saturated rings. The summed E-state index contributed by atoms with van der Waals surface area (Å²) in [5.74, 6) is 0.363. The van der Waals surface area contributed by atoms with E-state index in [1.807, 2.05) is 18.7 Å². The molecular formula is C14H21N5O5. The average Bonchev–Trinajstić information content (AvgIpc) is 3.08. The van der Waals surface area contributed by atoms with Gasteiger partial charge < -0.3 is 19.8 Å². The third kappa shape index (κ3) is 2.62. The van der Waals surface area contributed by atoms with Crippen molar-refractivity contribution >= 4 is 17.1 Å². The summed E-state index contributed by atoms with van der Waals surface area (Å²) in [6, 6.07) is 0. The van der Waals surface area contributed by atoms with Gasteiger partial charge in [0.2, 0.25) is 5.95 Å². The Hall–Kier alpha value is -2.17. The van der Waals surface area contributed by atoms with E-state index >= 15 is 0 Å². The predicted molar refractivity (Wildman–Crippen MR) is 86.2 cm³/mol. The summed E-state index contributed by atoms with van der Waals surface area (Å²) in [7, 11) is 0. The van der Waals surface area contributed by atoms with Crippen molar-refractivity contribution in [2.75, 3.05) is 24.6 Å². The number of H-pyrrole nitrogens is 2. The molecule has 1 aliphatic heterocycles. The van der Waals surface area contributed by atoms with E-state index in [1.165, 1.54) is 4.57 Å². The lowest BCUT2D eigenvalue weighted by atomic mass is 10.2. The molecule has 1 aliphatic rings. The third-order valence-corrected chi connectivity index (χ3v) is 4.30. The molecule has 0 unspecified atom stereocenters. The summed E-state index contributed by atoms with van der Waals surface area (Å²) in [5, 5.41) is 19.1. The first kappa shape index (κ1) is 16.7. The van der Waals surface area contributed by atoms with Crippen LogP contribution in [0.2, 0.25) is 0 Å². The molecule has 2 aromatic rings. The maximum absolute atomic E-state index is 12.3. The van der Waals surface area contributed by atoms with Gasteiger partial charge in [-0.15, -0.1) is 0 Å². The van der Waals surface area contributed by atoms with E-state index in [-0.39, 0.29) is 24.2 Å². The Kier molecular flexibility index (Phi) is 4.43. The Morgan fingerprint density at radius 1 is 1.33 bits per heavy atom. The number of anilines is 1. The van der Waals surface area contributed by atoms with Crippen molar-refractivity contribution in [2.24, 2.45) is 0 Å². The standard InChI is InChI=1S/C14H21N5O5/c1-3-18(4-2)13-16-11-10(12(22)17-13)15-14(23)19(11)9-5-7(21)8(6-20)24-9/h7-9,20-21H,3-6H2,1-2H3,(H,15,23)(H,16,17,22)/t7-,8+,9+/m0/s1. The van der Waals surface area contributed by atoms with Crippen LogP contribution >= 0.6 is 0 Å². The zero-order valence-corrected chi connectivity index (χ0v) is 13.5. The molecule has 3 heterocycles. The lowest BCUT2D eigenvalue weighted by molar-refractivity contribution is -0.0441. The first-order valence-corrected chi connectivity index (χ1v) is 7.94. The summed E-state index contributed by atoms with van der Waals surface area (Å²) in [4.78, 5) is 35.9. The second-order valence-electron chi connectivity index (χ2n) is 5.68. The molecule has 3 atom stereocenters. The van der Waals surface area contributed by atoms with Crippen molar-refractivity contribution in [3.8, 4) is 0 Å². The van der Waals surface area contributed by atoms with Gasteiger partial charge in [0.15, 0.2) is 11.2 Å². The van der Waals surface area contributed by atoms with Crippen molar-refractivity contribution in [1.29, 1.82) is 0 Å². The van der Waals surface area contributed by atoms with Crippen molar-refractivity contribution in [2.45, 2.75) is 38.7 Å². The fourth-order valence-corrected chi connectivity index (χ4v) is 2.98. The maximum atomic E-state index is 12.3. The Morgan fingerprint density at radius 3 is 2.62 bits per heavy atom. The van der Waals surface area contributed by atoms with Crippen LogP contribution in [-0.2, 0) is 4.74 Å². The van der Waals surface area contributed by atoms with E-state index in [4.69, 9.17) is 4.74 Å². The molecule has 132 valence electrons. The minimum absolute atomic E-state index is 0.0569. The fourth-order valence-electron chi connectivity index (χ4n) is 2.98. The summed E-state index contributed by atoms with van der Waals surface area (Å²) in [5.41, 5.74) is -0.770. The van der Waals surface area contributed by atoms with Gasteiger partial charge in [-0.05, 0) is 13.8 Å². The number of hydrogen-bond acceptors (Lipinski definition) is 7. The van der Waals surface area contributed by atoms with Crippen molar-refractivity contribution in [3.05, 3.63) is 20.8 Å². The molecule has 0 spiro atoms. The molecule has 0 bridgehead atoms. The number of aromatic nitrogens is 4. The monoisotopic (exact) mass is 339 g/mol. The van der Waals surface area contributed by atoms with Crippen LogP contribution in [0.15, 0.2) is 9.59 Å². The molecule has 4 N–H and O–H groups in total. The van der Waals surface area contributed by atoms with Gasteiger partial charge in [-0.1, -0.05) is 0 Å². The third-order valence-electron chi connectivity index (χ3n) is 4.30.